The fourth-order valence-electron chi connectivity index (χ4n) is 1.76. The summed E-state index contributed by atoms with van der Waals surface area (Å²) >= 11 is 3.15. The molecule has 1 aromatic heterocycles. The Balaban J connectivity index is 2.13. The number of ether oxygens (including phenoxy) is 1. The zero-order valence-corrected chi connectivity index (χ0v) is 12.5. The highest BCUT2D eigenvalue weighted by molar-refractivity contribution is 9.08. The summed E-state index contributed by atoms with van der Waals surface area (Å²) in [5.41, 5.74) is 0.515. The molecule has 7 heteroatoms. The van der Waals surface area contributed by atoms with Crippen LogP contribution in [0.15, 0.2) is 18.5 Å². The van der Waals surface area contributed by atoms with Crippen LogP contribution in [0.1, 0.15) is 24.7 Å². The third-order valence-corrected chi connectivity index (χ3v) is 3.34. The molecule has 1 aromatic carbocycles. The predicted molar refractivity (Wildman–Crippen MR) is 73.6 cm³/mol. The quantitative estimate of drug-likeness (QED) is 0.753. The van der Waals surface area contributed by atoms with Crippen LogP contribution in [-0.4, -0.2) is 14.8 Å². The Bertz CT molecular complexity index is 566. The van der Waals surface area contributed by atoms with Gasteiger partial charge in [-0.2, -0.15) is 5.10 Å². The summed E-state index contributed by atoms with van der Waals surface area (Å²) in [4.78, 5) is 4.02. The molecule has 1 heterocycles. The maximum atomic E-state index is 13.7. The number of aryl methyl sites for hydroxylation is 1. The summed E-state index contributed by atoms with van der Waals surface area (Å²) in [6.07, 6.45) is 2.29. The Morgan fingerprint density at radius 3 is 2.60 bits per heavy atom. The molecule has 0 aliphatic carbocycles. The number of hydrogen-bond acceptors (Lipinski definition) is 3. The van der Waals surface area contributed by atoms with Gasteiger partial charge in [-0.1, -0.05) is 22.9 Å². The van der Waals surface area contributed by atoms with Gasteiger partial charge in [0.1, 0.15) is 12.9 Å². The van der Waals surface area contributed by atoms with Gasteiger partial charge in [-0.15, -0.1) is 0 Å². The minimum atomic E-state index is -0.721. The molecule has 0 bridgehead atoms. The molecular formula is C13H14BrF2N3O. The topological polar surface area (TPSA) is 39.9 Å². The fraction of sp³-hybridized carbons (Fsp3) is 0.385. The van der Waals surface area contributed by atoms with Crippen molar-refractivity contribution in [3.8, 4) is 5.75 Å². The molecule has 4 nitrogen and oxygen atoms in total. The Morgan fingerprint density at radius 1 is 1.30 bits per heavy atom. The third-order valence-electron chi connectivity index (χ3n) is 2.69. The van der Waals surface area contributed by atoms with Crippen molar-refractivity contribution in [1.29, 1.82) is 0 Å². The van der Waals surface area contributed by atoms with E-state index in [1.807, 2.05) is 6.92 Å². The number of halogens is 3. The van der Waals surface area contributed by atoms with Crippen molar-refractivity contribution in [2.75, 3.05) is 0 Å². The van der Waals surface area contributed by atoms with Crippen LogP contribution in [0.25, 0.3) is 0 Å². The first-order valence-electron chi connectivity index (χ1n) is 6.19. The average Bonchev–Trinajstić information content (AvgIpc) is 2.85. The van der Waals surface area contributed by atoms with Crippen LogP contribution in [-0.2, 0) is 18.5 Å². The maximum Gasteiger partial charge on any atom is 0.191 e. The van der Waals surface area contributed by atoms with E-state index in [4.69, 9.17) is 4.74 Å². The Labute approximate surface area is 123 Å². The van der Waals surface area contributed by atoms with E-state index in [1.165, 1.54) is 18.5 Å². The minimum Gasteiger partial charge on any atom is -0.479 e. The Kier molecular flexibility index (Phi) is 5.05. The first-order chi connectivity index (χ1) is 9.65. The molecule has 0 saturated carbocycles. The van der Waals surface area contributed by atoms with Gasteiger partial charge in [-0.05, 0) is 24.1 Å². The van der Waals surface area contributed by atoms with E-state index in [2.05, 4.69) is 26.0 Å². The normalized spacial score (nSPS) is 10.8. The van der Waals surface area contributed by atoms with Gasteiger partial charge in [-0.25, -0.2) is 18.4 Å². The van der Waals surface area contributed by atoms with Crippen LogP contribution < -0.4 is 4.74 Å². The van der Waals surface area contributed by atoms with Crippen molar-refractivity contribution in [3.05, 3.63) is 41.5 Å². The molecule has 0 unspecified atom stereocenters. The lowest BCUT2D eigenvalue weighted by atomic mass is 10.2. The van der Waals surface area contributed by atoms with Crippen LogP contribution in [0.3, 0.4) is 0 Å². The van der Waals surface area contributed by atoms with Crippen LogP contribution in [0.4, 0.5) is 8.78 Å². The summed E-state index contributed by atoms with van der Waals surface area (Å²) in [5, 5.41) is 4.40. The zero-order chi connectivity index (χ0) is 14.5. The molecule has 0 amide bonds. The number of rotatable bonds is 6. The van der Waals surface area contributed by atoms with Crippen molar-refractivity contribution in [2.24, 2.45) is 0 Å². The molecule has 20 heavy (non-hydrogen) atoms. The monoisotopic (exact) mass is 345 g/mol. The van der Waals surface area contributed by atoms with Crippen LogP contribution >= 0.6 is 15.9 Å². The molecule has 0 radical (unpaired) electrons. The van der Waals surface area contributed by atoms with Gasteiger partial charge in [-0.3, -0.25) is 0 Å². The first-order valence-corrected chi connectivity index (χ1v) is 7.31. The zero-order valence-electron chi connectivity index (χ0n) is 10.9. The van der Waals surface area contributed by atoms with E-state index in [9.17, 15) is 8.78 Å². The number of alkyl halides is 1. The van der Waals surface area contributed by atoms with Gasteiger partial charge in [0.25, 0.3) is 0 Å². The molecule has 0 spiro atoms. The van der Waals surface area contributed by atoms with Crippen molar-refractivity contribution in [2.45, 2.75) is 31.8 Å². The van der Waals surface area contributed by atoms with Crippen LogP contribution in [0, 0.1) is 11.6 Å². The minimum absolute atomic E-state index is 0.0263. The smallest absolute Gasteiger partial charge is 0.191 e. The molecule has 108 valence electrons. The SMILES string of the molecule is CCCn1ncnc1COc1c(F)cc(CBr)cc1F. The molecule has 0 aliphatic heterocycles. The van der Waals surface area contributed by atoms with E-state index in [0.29, 0.717) is 23.3 Å². The van der Waals surface area contributed by atoms with Gasteiger partial charge in [0.05, 0.1) is 0 Å². The molecule has 0 aliphatic rings. The van der Waals surface area contributed by atoms with E-state index < -0.39 is 11.6 Å². The predicted octanol–water partition coefficient (Wildman–Crippen LogP) is 3.44. The van der Waals surface area contributed by atoms with Gasteiger partial charge < -0.3 is 4.74 Å². The van der Waals surface area contributed by atoms with Crippen LogP contribution in [0.5, 0.6) is 5.75 Å². The lowest BCUT2D eigenvalue weighted by Crippen LogP contribution is -2.09. The third kappa shape index (κ3) is 3.33. The highest BCUT2D eigenvalue weighted by Crippen LogP contribution is 2.25. The Hall–Kier alpha value is -1.50. The van der Waals surface area contributed by atoms with Gasteiger partial charge in [0, 0.05) is 11.9 Å². The number of aromatic nitrogens is 3. The Morgan fingerprint density at radius 2 is 2.00 bits per heavy atom. The number of hydrogen-bond donors (Lipinski definition) is 0. The molecule has 0 saturated heterocycles. The summed E-state index contributed by atoms with van der Waals surface area (Å²) in [6.45, 7) is 2.67. The molecule has 0 N–H and O–H groups in total. The van der Waals surface area contributed by atoms with Gasteiger partial charge in [0.15, 0.2) is 23.2 Å². The number of nitrogens with zero attached hydrogens (tertiary/aromatic N) is 3. The highest BCUT2D eigenvalue weighted by atomic mass is 79.9. The summed E-state index contributed by atoms with van der Waals surface area (Å²) in [7, 11) is 0. The highest BCUT2D eigenvalue weighted by Gasteiger charge is 2.14. The van der Waals surface area contributed by atoms with E-state index in [-0.39, 0.29) is 12.4 Å². The fourth-order valence-corrected chi connectivity index (χ4v) is 2.09. The largest absolute Gasteiger partial charge is 0.479 e. The second kappa shape index (κ2) is 6.78. The molecule has 0 fully saturated rings. The van der Waals surface area contributed by atoms with E-state index >= 15 is 0 Å². The summed E-state index contributed by atoms with van der Waals surface area (Å²) in [6, 6.07) is 2.48. The van der Waals surface area contributed by atoms with Crippen molar-refractivity contribution in [1.82, 2.24) is 14.8 Å². The molecule has 0 atom stereocenters. The van der Waals surface area contributed by atoms with E-state index in [1.54, 1.807) is 4.68 Å². The second-order valence-corrected chi connectivity index (χ2v) is 4.77. The van der Waals surface area contributed by atoms with E-state index in [0.717, 1.165) is 6.42 Å². The van der Waals surface area contributed by atoms with Gasteiger partial charge in [0.2, 0.25) is 0 Å². The van der Waals surface area contributed by atoms with Crippen molar-refractivity contribution < 1.29 is 13.5 Å². The lowest BCUT2D eigenvalue weighted by Gasteiger charge is -2.10. The molecular weight excluding hydrogens is 332 g/mol. The number of benzene rings is 1. The van der Waals surface area contributed by atoms with Gasteiger partial charge >= 0.3 is 0 Å². The van der Waals surface area contributed by atoms with Crippen LogP contribution in [0.2, 0.25) is 0 Å². The standard InChI is InChI=1S/C13H14BrF2N3O/c1-2-3-19-12(17-8-18-19)7-20-13-10(15)4-9(6-14)5-11(13)16/h4-5,8H,2-3,6-7H2,1H3. The molecule has 2 rings (SSSR count). The summed E-state index contributed by atoms with van der Waals surface area (Å²) < 4.78 is 34.4. The first kappa shape index (κ1) is 14.9. The second-order valence-electron chi connectivity index (χ2n) is 4.21. The van der Waals surface area contributed by atoms with Crippen molar-refractivity contribution in [3.63, 3.8) is 0 Å². The molecule has 2 aromatic rings. The van der Waals surface area contributed by atoms with Crippen molar-refractivity contribution >= 4 is 15.9 Å². The average molecular weight is 346 g/mol. The lowest BCUT2D eigenvalue weighted by molar-refractivity contribution is 0.258. The summed E-state index contributed by atoms with van der Waals surface area (Å²) in [5.74, 6) is -1.29. The maximum absolute atomic E-state index is 13.7.